The van der Waals surface area contributed by atoms with Gasteiger partial charge in [-0.3, -0.25) is 4.68 Å². The molecule has 0 radical (unpaired) electrons. The third kappa shape index (κ3) is 3.37. The fourth-order valence-electron chi connectivity index (χ4n) is 3.41. The molecule has 2 fully saturated rings. The molecule has 21 heavy (non-hydrogen) atoms. The maximum atomic E-state index is 12.2. The fourth-order valence-corrected chi connectivity index (χ4v) is 3.41. The maximum absolute atomic E-state index is 12.2. The van der Waals surface area contributed by atoms with Crippen molar-refractivity contribution < 1.29 is 9.90 Å². The van der Waals surface area contributed by atoms with Crippen LogP contribution in [0.5, 0.6) is 0 Å². The van der Waals surface area contributed by atoms with Gasteiger partial charge in [0.1, 0.15) is 0 Å². The summed E-state index contributed by atoms with van der Waals surface area (Å²) in [5.41, 5.74) is 1.01. The van der Waals surface area contributed by atoms with E-state index < -0.39 is 0 Å². The van der Waals surface area contributed by atoms with Crippen LogP contribution < -0.4 is 10.6 Å². The summed E-state index contributed by atoms with van der Waals surface area (Å²) in [6, 6.07) is 0.146. The van der Waals surface area contributed by atoms with E-state index in [1.165, 1.54) is 12.8 Å². The van der Waals surface area contributed by atoms with Crippen molar-refractivity contribution >= 4 is 6.03 Å². The summed E-state index contributed by atoms with van der Waals surface area (Å²) >= 11 is 0. The zero-order chi connectivity index (χ0) is 14.8. The molecule has 1 aromatic heterocycles. The predicted molar refractivity (Wildman–Crippen MR) is 78.6 cm³/mol. The third-order valence-corrected chi connectivity index (χ3v) is 4.68. The van der Waals surface area contributed by atoms with Gasteiger partial charge in [0.25, 0.3) is 0 Å². The van der Waals surface area contributed by atoms with E-state index in [1.807, 2.05) is 13.2 Å². The first kappa shape index (κ1) is 14.4. The molecule has 3 N–H and O–H groups in total. The highest BCUT2D eigenvalue weighted by Gasteiger charge is 2.36. The Bertz CT molecular complexity index is 490. The minimum atomic E-state index is -0.228. The van der Waals surface area contributed by atoms with Crippen LogP contribution in [0.4, 0.5) is 4.79 Å². The van der Waals surface area contributed by atoms with Crippen LogP contribution in [0.3, 0.4) is 0 Å². The lowest BCUT2D eigenvalue weighted by Crippen LogP contribution is -2.47. The van der Waals surface area contributed by atoms with E-state index in [1.54, 1.807) is 10.9 Å². The largest absolute Gasteiger partial charge is 0.393 e. The normalized spacial score (nSPS) is 27.1. The van der Waals surface area contributed by atoms with Gasteiger partial charge in [0.05, 0.1) is 18.3 Å². The van der Waals surface area contributed by atoms with Crippen molar-refractivity contribution in [1.29, 1.82) is 0 Å². The number of aromatic nitrogens is 2. The van der Waals surface area contributed by atoms with Gasteiger partial charge in [-0.15, -0.1) is 0 Å². The lowest BCUT2D eigenvalue weighted by molar-refractivity contribution is 0.0258. The molecule has 2 aliphatic carbocycles. The third-order valence-electron chi connectivity index (χ3n) is 4.68. The molecular formula is C15H24N4O2. The first-order valence-corrected chi connectivity index (χ1v) is 7.85. The SMILES string of the molecule is Cn1cc(C(NC(=O)NC2CCCC2)C2CC(O)C2)cn1. The van der Waals surface area contributed by atoms with Crippen molar-refractivity contribution in [2.45, 2.75) is 56.7 Å². The molecule has 0 spiro atoms. The summed E-state index contributed by atoms with van der Waals surface area (Å²) in [6.07, 6.45) is 9.54. The van der Waals surface area contributed by atoms with Crippen LogP contribution in [-0.2, 0) is 7.05 Å². The summed E-state index contributed by atoms with van der Waals surface area (Å²) in [7, 11) is 1.87. The topological polar surface area (TPSA) is 79.2 Å². The highest BCUT2D eigenvalue weighted by molar-refractivity contribution is 5.74. The monoisotopic (exact) mass is 292 g/mol. The Morgan fingerprint density at radius 3 is 2.71 bits per heavy atom. The summed E-state index contributed by atoms with van der Waals surface area (Å²) in [4.78, 5) is 12.2. The molecule has 2 amide bonds. The average Bonchev–Trinajstić information content (AvgIpc) is 3.04. The van der Waals surface area contributed by atoms with E-state index >= 15 is 0 Å². The molecule has 0 saturated heterocycles. The van der Waals surface area contributed by atoms with Gasteiger partial charge in [-0.05, 0) is 31.6 Å². The molecular weight excluding hydrogens is 268 g/mol. The average molecular weight is 292 g/mol. The molecule has 6 nitrogen and oxygen atoms in total. The minimum absolute atomic E-state index is 0.0662. The van der Waals surface area contributed by atoms with E-state index in [2.05, 4.69) is 15.7 Å². The number of amides is 2. The van der Waals surface area contributed by atoms with Crippen molar-refractivity contribution in [3.8, 4) is 0 Å². The Labute approximate surface area is 124 Å². The number of nitrogens with zero attached hydrogens (tertiary/aromatic N) is 2. The first-order valence-electron chi connectivity index (χ1n) is 7.85. The van der Waals surface area contributed by atoms with Crippen molar-refractivity contribution in [2.75, 3.05) is 0 Å². The van der Waals surface area contributed by atoms with E-state index in [0.717, 1.165) is 31.2 Å². The summed E-state index contributed by atoms with van der Waals surface area (Å²) in [5, 5.41) is 19.9. The number of nitrogens with one attached hydrogen (secondary N) is 2. The van der Waals surface area contributed by atoms with Gasteiger partial charge in [0.15, 0.2) is 0 Å². The van der Waals surface area contributed by atoms with Gasteiger partial charge in [-0.25, -0.2) is 4.79 Å². The van der Waals surface area contributed by atoms with Gasteiger partial charge in [-0.1, -0.05) is 12.8 Å². The van der Waals surface area contributed by atoms with Crippen molar-refractivity contribution in [1.82, 2.24) is 20.4 Å². The number of carbonyl (C=O) groups excluding carboxylic acids is 1. The number of aryl methyl sites for hydroxylation is 1. The van der Waals surface area contributed by atoms with Crippen LogP contribution in [0.25, 0.3) is 0 Å². The molecule has 3 rings (SSSR count). The molecule has 1 heterocycles. The Morgan fingerprint density at radius 2 is 2.14 bits per heavy atom. The lowest BCUT2D eigenvalue weighted by Gasteiger charge is -2.37. The van der Waals surface area contributed by atoms with E-state index in [9.17, 15) is 9.90 Å². The molecule has 2 saturated carbocycles. The number of carbonyl (C=O) groups is 1. The van der Waals surface area contributed by atoms with Crippen LogP contribution in [0.15, 0.2) is 12.4 Å². The second-order valence-electron chi connectivity index (χ2n) is 6.41. The van der Waals surface area contributed by atoms with E-state index in [-0.39, 0.29) is 18.2 Å². The number of aliphatic hydroxyl groups excluding tert-OH is 1. The number of hydrogen-bond acceptors (Lipinski definition) is 3. The molecule has 0 bridgehead atoms. The molecule has 116 valence electrons. The highest BCUT2D eigenvalue weighted by Crippen LogP contribution is 2.37. The van der Waals surface area contributed by atoms with Crippen LogP contribution in [0.2, 0.25) is 0 Å². The molecule has 0 aliphatic heterocycles. The molecule has 1 unspecified atom stereocenters. The Kier molecular flexibility index (Phi) is 4.14. The number of aliphatic hydroxyl groups is 1. The van der Waals surface area contributed by atoms with Crippen molar-refractivity contribution in [3.63, 3.8) is 0 Å². The maximum Gasteiger partial charge on any atom is 0.315 e. The zero-order valence-electron chi connectivity index (χ0n) is 12.5. The van der Waals surface area contributed by atoms with E-state index in [0.29, 0.717) is 12.0 Å². The van der Waals surface area contributed by atoms with Crippen LogP contribution in [0.1, 0.15) is 50.1 Å². The second kappa shape index (κ2) is 6.05. The van der Waals surface area contributed by atoms with E-state index in [4.69, 9.17) is 0 Å². The predicted octanol–water partition coefficient (Wildman–Crippen LogP) is 1.47. The molecule has 6 heteroatoms. The molecule has 1 aromatic rings. The van der Waals surface area contributed by atoms with Crippen molar-refractivity contribution in [2.24, 2.45) is 13.0 Å². The highest BCUT2D eigenvalue weighted by atomic mass is 16.3. The van der Waals surface area contributed by atoms with Gasteiger partial charge in [0.2, 0.25) is 0 Å². The van der Waals surface area contributed by atoms with Gasteiger partial charge < -0.3 is 15.7 Å². The Balaban J connectivity index is 1.62. The standard InChI is InChI=1S/C15H24N4O2/c1-19-9-11(8-16-19)14(10-6-13(20)7-10)18-15(21)17-12-4-2-3-5-12/h8-10,12-14,20H,2-7H2,1H3,(H2,17,18,21). The van der Waals surface area contributed by atoms with Gasteiger partial charge in [-0.2, -0.15) is 5.10 Å². The van der Waals surface area contributed by atoms with Crippen molar-refractivity contribution in [3.05, 3.63) is 18.0 Å². The summed E-state index contributed by atoms with van der Waals surface area (Å²) < 4.78 is 1.74. The van der Waals surface area contributed by atoms with Crippen LogP contribution in [-0.4, -0.2) is 33.1 Å². The van der Waals surface area contributed by atoms with Crippen LogP contribution in [0, 0.1) is 5.92 Å². The van der Waals surface area contributed by atoms with Gasteiger partial charge in [0, 0.05) is 24.8 Å². The molecule has 2 aliphatic rings. The smallest absolute Gasteiger partial charge is 0.315 e. The summed E-state index contributed by atoms with van der Waals surface area (Å²) in [5.74, 6) is 0.290. The van der Waals surface area contributed by atoms with Gasteiger partial charge >= 0.3 is 6.03 Å². The number of rotatable bonds is 4. The second-order valence-corrected chi connectivity index (χ2v) is 6.41. The molecule has 1 atom stereocenters. The Morgan fingerprint density at radius 1 is 1.43 bits per heavy atom. The summed E-state index contributed by atoms with van der Waals surface area (Å²) in [6.45, 7) is 0. The number of hydrogen-bond donors (Lipinski definition) is 3. The Hall–Kier alpha value is -1.56. The molecule has 0 aromatic carbocycles. The van der Waals surface area contributed by atoms with Crippen LogP contribution >= 0.6 is 0 Å². The quantitative estimate of drug-likeness (QED) is 0.786. The zero-order valence-corrected chi connectivity index (χ0v) is 12.5. The first-order chi connectivity index (χ1) is 10.1. The lowest BCUT2D eigenvalue weighted by atomic mass is 9.75. The number of urea groups is 1. The minimum Gasteiger partial charge on any atom is -0.393 e. The fraction of sp³-hybridized carbons (Fsp3) is 0.733.